The van der Waals surface area contributed by atoms with E-state index in [2.05, 4.69) is 48.3 Å². The van der Waals surface area contributed by atoms with Gasteiger partial charge in [0.1, 0.15) is 6.54 Å². The third-order valence-electron chi connectivity index (χ3n) is 4.94. The van der Waals surface area contributed by atoms with Crippen LogP contribution in [0.5, 0.6) is 0 Å². The Morgan fingerprint density at radius 2 is 1.66 bits per heavy atom. The molecular formula is C23H24N5S+. The van der Waals surface area contributed by atoms with Crippen LogP contribution in [-0.4, -0.2) is 25.9 Å². The van der Waals surface area contributed by atoms with Crippen LogP contribution in [0.4, 0.5) is 0 Å². The largest absolute Gasteiger partial charge is 0.313 e. The van der Waals surface area contributed by atoms with E-state index in [1.54, 1.807) is 6.20 Å². The van der Waals surface area contributed by atoms with Crippen molar-refractivity contribution in [2.75, 3.05) is 6.54 Å². The van der Waals surface area contributed by atoms with E-state index in [0.29, 0.717) is 11.4 Å². The molecule has 1 N–H and O–H groups in total. The van der Waals surface area contributed by atoms with E-state index >= 15 is 0 Å². The van der Waals surface area contributed by atoms with Gasteiger partial charge < -0.3 is 4.90 Å². The highest BCUT2D eigenvalue weighted by Gasteiger charge is 2.17. The first-order chi connectivity index (χ1) is 14.3. The summed E-state index contributed by atoms with van der Waals surface area (Å²) in [5.74, 6) is 0.810. The van der Waals surface area contributed by atoms with Crippen LogP contribution in [0, 0.1) is 4.77 Å². The second-order valence-corrected chi connectivity index (χ2v) is 7.31. The minimum atomic E-state index is 0.689. The van der Waals surface area contributed by atoms with Gasteiger partial charge >= 0.3 is 0 Å². The zero-order valence-electron chi connectivity index (χ0n) is 16.4. The number of pyridine rings is 1. The molecule has 1 unspecified atom stereocenters. The Balaban J connectivity index is 1.72. The lowest BCUT2D eigenvalue weighted by Gasteiger charge is -2.17. The number of nitrogens with zero attached hydrogens (tertiary/aromatic N) is 4. The van der Waals surface area contributed by atoms with Gasteiger partial charge in [-0.3, -0.25) is 9.55 Å². The molecule has 1 atom stereocenters. The average molecular weight is 403 g/mol. The molecule has 0 spiro atoms. The van der Waals surface area contributed by atoms with Crippen molar-refractivity contribution in [3.63, 3.8) is 0 Å². The number of nitrogens with one attached hydrogen (secondary N) is 1. The zero-order valence-corrected chi connectivity index (χ0v) is 17.2. The molecule has 4 rings (SSSR count). The monoisotopic (exact) mass is 402 g/mol. The van der Waals surface area contributed by atoms with E-state index in [-0.39, 0.29) is 0 Å². The summed E-state index contributed by atoms with van der Waals surface area (Å²) >= 11 is 5.86. The van der Waals surface area contributed by atoms with Crippen LogP contribution in [0.2, 0.25) is 0 Å². The molecule has 0 fully saturated rings. The molecule has 0 saturated heterocycles. The van der Waals surface area contributed by atoms with Crippen molar-refractivity contribution < 1.29 is 4.90 Å². The Hall–Kier alpha value is -3.09. The molecule has 6 heteroatoms. The van der Waals surface area contributed by atoms with Crippen LogP contribution in [0.15, 0.2) is 85.2 Å². The summed E-state index contributed by atoms with van der Waals surface area (Å²) in [6.45, 7) is 4.81. The molecule has 0 aliphatic heterocycles. The molecule has 0 aliphatic carbocycles. The molecule has 2 heterocycles. The molecular weight excluding hydrogens is 378 g/mol. The van der Waals surface area contributed by atoms with Gasteiger partial charge in [-0.25, -0.2) is 0 Å². The van der Waals surface area contributed by atoms with Gasteiger partial charge in [0.2, 0.25) is 4.77 Å². The fourth-order valence-electron chi connectivity index (χ4n) is 3.39. The molecule has 0 saturated carbocycles. The SMILES string of the molecule is CC[NH+](Cc1ccccc1)Cn1nc(-c2cccnc2)n(-c2ccccc2)c1=S. The molecule has 2 aromatic heterocycles. The van der Waals surface area contributed by atoms with Gasteiger partial charge in [0.15, 0.2) is 12.5 Å². The maximum absolute atomic E-state index is 5.86. The Kier molecular flexibility index (Phi) is 5.93. The zero-order chi connectivity index (χ0) is 20.1. The number of aromatic nitrogens is 4. The van der Waals surface area contributed by atoms with Crippen molar-refractivity contribution in [2.24, 2.45) is 0 Å². The highest BCUT2D eigenvalue weighted by atomic mass is 32.1. The van der Waals surface area contributed by atoms with Gasteiger partial charge in [-0.2, -0.15) is 4.68 Å². The van der Waals surface area contributed by atoms with E-state index < -0.39 is 0 Å². The summed E-state index contributed by atoms with van der Waals surface area (Å²) < 4.78 is 4.66. The first-order valence-electron chi connectivity index (χ1n) is 9.79. The number of hydrogen-bond acceptors (Lipinski definition) is 3. The van der Waals surface area contributed by atoms with Crippen LogP contribution in [0.25, 0.3) is 17.1 Å². The number of hydrogen-bond donors (Lipinski definition) is 1. The van der Waals surface area contributed by atoms with Crippen molar-refractivity contribution >= 4 is 12.2 Å². The van der Waals surface area contributed by atoms with E-state index in [0.717, 1.165) is 30.2 Å². The number of para-hydroxylation sites is 1. The highest BCUT2D eigenvalue weighted by Crippen LogP contribution is 2.21. The topological polar surface area (TPSA) is 40.1 Å². The van der Waals surface area contributed by atoms with Crippen molar-refractivity contribution in [1.82, 2.24) is 19.3 Å². The maximum atomic E-state index is 5.86. The molecule has 29 heavy (non-hydrogen) atoms. The summed E-state index contributed by atoms with van der Waals surface area (Å²) in [4.78, 5) is 5.66. The summed E-state index contributed by atoms with van der Waals surface area (Å²) in [5.41, 5.74) is 3.26. The van der Waals surface area contributed by atoms with Gasteiger partial charge in [0.05, 0.1) is 6.54 Å². The van der Waals surface area contributed by atoms with Gasteiger partial charge in [0.25, 0.3) is 0 Å². The van der Waals surface area contributed by atoms with Crippen molar-refractivity contribution in [3.05, 3.63) is 95.5 Å². The lowest BCUT2D eigenvalue weighted by atomic mass is 10.2. The number of benzene rings is 2. The molecule has 0 aliphatic rings. The third kappa shape index (κ3) is 4.34. The molecule has 5 nitrogen and oxygen atoms in total. The first kappa shape index (κ1) is 19.2. The fourth-order valence-corrected chi connectivity index (χ4v) is 3.69. The Morgan fingerprint density at radius 3 is 2.31 bits per heavy atom. The lowest BCUT2D eigenvalue weighted by molar-refractivity contribution is -0.935. The van der Waals surface area contributed by atoms with Crippen LogP contribution in [0.3, 0.4) is 0 Å². The lowest BCUT2D eigenvalue weighted by Crippen LogP contribution is -3.09. The van der Waals surface area contributed by atoms with Crippen molar-refractivity contribution in [3.8, 4) is 17.1 Å². The van der Waals surface area contributed by atoms with Crippen LogP contribution >= 0.6 is 12.2 Å². The maximum Gasteiger partial charge on any atom is 0.207 e. The first-order valence-corrected chi connectivity index (χ1v) is 10.2. The van der Waals surface area contributed by atoms with Gasteiger partial charge in [-0.1, -0.05) is 48.5 Å². The molecule has 0 amide bonds. The van der Waals surface area contributed by atoms with Crippen molar-refractivity contribution in [2.45, 2.75) is 20.1 Å². The second kappa shape index (κ2) is 8.94. The normalized spacial score (nSPS) is 12.0. The van der Waals surface area contributed by atoms with Gasteiger partial charge in [-0.15, -0.1) is 5.10 Å². The van der Waals surface area contributed by atoms with E-state index in [9.17, 15) is 0 Å². The van der Waals surface area contributed by atoms with Gasteiger partial charge in [-0.05, 0) is 43.4 Å². The summed E-state index contributed by atoms with van der Waals surface area (Å²) in [6.07, 6.45) is 3.60. The number of rotatable bonds is 7. The van der Waals surface area contributed by atoms with E-state index in [1.165, 1.54) is 10.5 Å². The quantitative estimate of drug-likeness (QED) is 0.481. The molecule has 4 aromatic rings. The predicted molar refractivity (Wildman–Crippen MR) is 117 cm³/mol. The minimum Gasteiger partial charge on any atom is -0.313 e. The summed E-state index contributed by atoms with van der Waals surface area (Å²) in [7, 11) is 0. The van der Waals surface area contributed by atoms with E-state index in [4.69, 9.17) is 17.3 Å². The number of quaternary nitrogens is 1. The Labute approximate surface area is 175 Å². The minimum absolute atomic E-state index is 0.689. The third-order valence-corrected chi connectivity index (χ3v) is 5.34. The molecule has 146 valence electrons. The average Bonchev–Trinajstić information content (AvgIpc) is 3.11. The van der Waals surface area contributed by atoms with Crippen LogP contribution in [0.1, 0.15) is 12.5 Å². The van der Waals surface area contributed by atoms with E-state index in [1.807, 2.05) is 51.8 Å². The van der Waals surface area contributed by atoms with Crippen molar-refractivity contribution in [1.29, 1.82) is 0 Å². The Bertz CT molecular complexity index is 1100. The second-order valence-electron chi connectivity index (χ2n) is 6.94. The fraction of sp³-hybridized carbons (Fsp3) is 0.174. The molecule has 0 bridgehead atoms. The highest BCUT2D eigenvalue weighted by molar-refractivity contribution is 7.71. The Morgan fingerprint density at radius 1 is 0.931 bits per heavy atom. The smallest absolute Gasteiger partial charge is 0.207 e. The van der Waals surface area contributed by atoms with Crippen LogP contribution in [-0.2, 0) is 13.2 Å². The molecule has 2 aromatic carbocycles. The van der Waals surface area contributed by atoms with Gasteiger partial charge in [0, 0.05) is 29.2 Å². The standard InChI is InChI=1S/C23H23N5S/c1-2-26(17-19-10-5-3-6-11-19)18-27-23(29)28(21-13-7-4-8-14-21)22(25-27)20-12-9-15-24-16-20/h3-16H,2,17-18H2,1H3/p+1. The molecule has 0 radical (unpaired) electrons. The summed E-state index contributed by atoms with van der Waals surface area (Å²) in [6, 6.07) is 24.6. The van der Waals surface area contributed by atoms with Crippen LogP contribution < -0.4 is 4.90 Å². The predicted octanol–water partition coefficient (Wildman–Crippen LogP) is 3.53. The summed E-state index contributed by atoms with van der Waals surface area (Å²) in [5, 5.41) is 4.90.